The van der Waals surface area contributed by atoms with Gasteiger partial charge in [0, 0.05) is 23.4 Å². The number of methoxy groups -OCH3 is 2. The van der Waals surface area contributed by atoms with E-state index in [4.69, 9.17) is 15.2 Å². The largest absolute Gasteiger partial charge is 0.497 e. The first-order valence-corrected chi connectivity index (χ1v) is 7.80. The number of aliphatic imine (C=N–C) groups is 1. The van der Waals surface area contributed by atoms with Gasteiger partial charge in [0.2, 0.25) is 0 Å². The maximum atomic E-state index is 5.79. The van der Waals surface area contributed by atoms with Crippen molar-refractivity contribution >= 4 is 17.3 Å². The van der Waals surface area contributed by atoms with Crippen LogP contribution in [0.15, 0.2) is 41.4 Å². The molecule has 0 saturated carbocycles. The van der Waals surface area contributed by atoms with Gasteiger partial charge in [-0.2, -0.15) is 0 Å². The number of thiophene rings is 1. The maximum absolute atomic E-state index is 5.79. The SMILES string of the molecule is COCCNC(N)=NCc1ccc(-c2ccc(OC)cc2)s1. The molecule has 0 saturated heterocycles. The lowest BCUT2D eigenvalue weighted by molar-refractivity contribution is 0.204. The quantitative estimate of drug-likeness (QED) is 0.467. The molecule has 0 amide bonds. The van der Waals surface area contributed by atoms with E-state index in [1.165, 1.54) is 15.3 Å². The summed E-state index contributed by atoms with van der Waals surface area (Å²) in [6.45, 7) is 1.84. The van der Waals surface area contributed by atoms with Gasteiger partial charge >= 0.3 is 0 Å². The Bertz CT molecular complexity index is 608. The van der Waals surface area contributed by atoms with Crippen LogP contribution in [0.3, 0.4) is 0 Å². The molecule has 0 spiro atoms. The minimum absolute atomic E-state index is 0.441. The van der Waals surface area contributed by atoms with Crippen LogP contribution in [0, 0.1) is 0 Å². The third-order valence-corrected chi connectivity index (χ3v) is 4.17. The van der Waals surface area contributed by atoms with Crippen molar-refractivity contribution in [2.75, 3.05) is 27.4 Å². The third-order valence-electron chi connectivity index (χ3n) is 3.05. The molecule has 22 heavy (non-hydrogen) atoms. The van der Waals surface area contributed by atoms with Crippen LogP contribution in [0.25, 0.3) is 10.4 Å². The van der Waals surface area contributed by atoms with Crippen LogP contribution in [-0.2, 0) is 11.3 Å². The smallest absolute Gasteiger partial charge is 0.189 e. The van der Waals surface area contributed by atoms with Gasteiger partial charge in [0.25, 0.3) is 0 Å². The fourth-order valence-electron chi connectivity index (χ4n) is 1.87. The molecule has 3 N–H and O–H groups in total. The van der Waals surface area contributed by atoms with Gasteiger partial charge in [0.05, 0.1) is 20.3 Å². The summed E-state index contributed by atoms with van der Waals surface area (Å²) in [5.74, 6) is 1.30. The zero-order chi connectivity index (χ0) is 15.8. The average Bonchev–Trinajstić information content (AvgIpc) is 3.02. The summed E-state index contributed by atoms with van der Waals surface area (Å²) in [6.07, 6.45) is 0. The van der Waals surface area contributed by atoms with Gasteiger partial charge in [0.15, 0.2) is 5.96 Å². The number of rotatable bonds is 7. The number of hydrogen-bond donors (Lipinski definition) is 2. The molecule has 0 fully saturated rings. The van der Waals surface area contributed by atoms with E-state index in [2.05, 4.69) is 34.6 Å². The fraction of sp³-hybridized carbons (Fsp3) is 0.312. The first kappa shape index (κ1) is 16.3. The first-order chi connectivity index (χ1) is 10.7. The van der Waals surface area contributed by atoms with E-state index in [9.17, 15) is 0 Å². The van der Waals surface area contributed by atoms with Crippen LogP contribution in [0.4, 0.5) is 0 Å². The second kappa shape index (κ2) is 8.41. The Morgan fingerprint density at radius 1 is 1.18 bits per heavy atom. The molecule has 0 aliphatic carbocycles. The van der Waals surface area contributed by atoms with Gasteiger partial charge in [-0.05, 0) is 42.0 Å². The molecule has 6 heteroatoms. The molecule has 0 radical (unpaired) electrons. The fourth-order valence-corrected chi connectivity index (χ4v) is 2.81. The lowest BCUT2D eigenvalue weighted by Crippen LogP contribution is -2.34. The Hall–Kier alpha value is -2.05. The molecule has 1 aromatic heterocycles. The van der Waals surface area contributed by atoms with Crippen molar-refractivity contribution in [3.05, 3.63) is 41.3 Å². The molecule has 5 nitrogen and oxygen atoms in total. The highest BCUT2D eigenvalue weighted by molar-refractivity contribution is 7.15. The van der Waals surface area contributed by atoms with E-state index in [0.29, 0.717) is 25.7 Å². The summed E-state index contributed by atoms with van der Waals surface area (Å²) < 4.78 is 10.1. The minimum Gasteiger partial charge on any atom is -0.497 e. The van der Waals surface area contributed by atoms with E-state index < -0.39 is 0 Å². The Morgan fingerprint density at radius 3 is 2.64 bits per heavy atom. The summed E-state index contributed by atoms with van der Waals surface area (Å²) in [7, 11) is 3.32. The second-order valence-corrected chi connectivity index (χ2v) is 5.78. The van der Waals surface area contributed by atoms with Crippen LogP contribution in [0.5, 0.6) is 5.75 Å². The zero-order valence-corrected chi connectivity index (χ0v) is 13.7. The monoisotopic (exact) mass is 319 g/mol. The normalized spacial score (nSPS) is 11.5. The summed E-state index contributed by atoms with van der Waals surface area (Å²) >= 11 is 1.71. The highest BCUT2D eigenvalue weighted by Gasteiger charge is 2.03. The number of nitrogens with zero attached hydrogens (tertiary/aromatic N) is 1. The van der Waals surface area contributed by atoms with Crippen LogP contribution in [0.1, 0.15) is 4.88 Å². The van der Waals surface area contributed by atoms with Crippen molar-refractivity contribution in [2.24, 2.45) is 10.7 Å². The lowest BCUT2D eigenvalue weighted by atomic mass is 10.2. The van der Waals surface area contributed by atoms with Gasteiger partial charge in [0.1, 0.15) is 5.75 Å². The van der Waals surface area contributed by atoms with Crippen LogP contribution in [0.2, 0.25) is 0 Å². The van der Waals surface area contributed by atoms with Crippen LogP contribution >= 0.6 is 11.3 Å². The molecule has 0 atom stereocenters. The molecule has 2 rings (SSSR count). The molecule has 0 unspecified atom stereocenters. The van der Waals surface area contributed by atoms with Crippen molar-refractivity contribution < 1.29 is 9.47 Å². The van der Waals surface area contributed by atoms with E-state index in [1.54, 1.807) is 25.6 Å². The van der Waals surface area contributed by atoms with Crippen molar-refractivity contribution in [1.29, 1.82) is 0 Å². The van der Waals surface area contributed by atoms with Crippen LogP contribution in [-0.4, -0.2) is 33.3 Å². The Balaban J connectivity index is 1.94. The lowest BCUT2D eigenvalue weighted by Gasteiger charge is -2.03. The first-order valence-electron chi connectivity index (χ1n) is 6.99. The maximum Gasteiger partial charge on any atom is 0.189 e. The zero-order valence-electron chi connectivity index (χ0n) is 12.8. The van der Waals surface area contributed by atoms with Crippen LogP contribution < -0.4 is 15.8 Å². The summed E-state index contributed by atoms with van der Waals surface area (Å²) in [5.41, 5.74) is 6.96. The molecule has 1 heterocycles. The second-order valence-electron chi connectivity index (χ2n) is 4.62. The molecular weight excluding hydrogens is 298 g/mol. The Kier molecular flexibility index (Phi) is 6.24. The van der Waals surface area contributed by atoms with E-state index >= 15 is 0 Å². The molecular formula is C16H21N3O2S. The third kappa shape index (κ3) is 4.75. The average molecular weight is 319 g/mol. The molecule has 0 aliphatic heterocycles. The predicted octanol–water partition coefficient (Wildman–Crippen LogP) is 2.47. The highest BCUT2D eigenvalue weighted by atomic mass is 32.1. The van der Waals surface area contributed by atoms with Gasteiger partial charge in [-0.25, -0.2) is 4.99 Å². The van der Waals surface area contributed by atoms with Gasteiger partial charge in [-0.15, -0.1) is 11.3 Å². The number of ether oxygens (including phenoxy) is 2. The highest BCUT2D eigenvalue weighted by Crippen LogP contribution is 2.29. The molecule has 1 aromatic carbocycles. The van der Waals surface area contributed by atoms with Gasteiger partial charge < -0.3 is 20.5 Å². The summed E-state index contributed by atoms with van der Waals surface area (Å²) in [6, 6.07) is 12.2. The molecule has 118 valence electrons. The summed E-state index contributed by atoms with van der Waals surface area (Å²) in [5, 5.41) is 3.00. The van der Waals surface area contributed by atoms with E-state index in [0.717, 1.165) is 5.75 Å². The number of guanidine groups is 1. The van der Waals surface area contributed by atoms with Crippen molar-refractivity contribution in [3.63, 3.8) is 0 Å². The summed E-state index contributed by atoms with van der Waals surface area (Å²) in [4.78, 5) is 6.69. The predicted molar refractivity (Wildman–Crippen MR) is 91.5 cm³/mol. The standard InChI is InChI=1S/C16H21N3O2S/c1-20-10-9-18-16(17)19-11-14-7-8-15(22-14)12-3-5-13(21-2)6-4-12/h3-8H,9-11H2,1-2H3,(H3,17,18,19). The van der Waals surface area contributed by atoms with E-state index in [1.807, 2.05) is 12.1 Å². The van der Waals surface area contributed by atoms with E-state index in [-0.39, 0.29) is 0 Å². The number of nitrogens with two attached hydrogens (primary N) is 1. The molecule has 0 aliphatic rings. The molecule has 2 aromatic rings. The van der Waals surface area contributed by atoms with Gasteiger partial charge in [-0.1, -0.05) is 0 Å². The Morgan fingerprint density at radius 2 is 1.95 bits per heavy atom. The topological polar surface area (TPSA) is 68.9 Å². The van der Waals surface area contributed by atoms with Crippen molar-refractivity contribution in [2.45, 2.75) is 6.54 Å². The number of nitrogens with one attached hydrogen (secondary N) is 1. The minimum atomic E-state index is 0.441. The van der Waals surface area contributed by atoms with Gasteiger partial charge in [-0.3, -0.25) is 0 Å². The number of hydrogen-bond acceptors (Lipinski definition) is 4. The number of benzene rings is 1. The molecule has 0 bridgehead atoms. The van der Waals surface area contributed by atoms with Crippen molar-refractivity contribution in [3.8, 4) is 16.2 Å². The Labute approximate surface area is 134 Å². The van der Waals surface area contributed by atoms with Crippen molar-refractivity contribution in [1.82, 2.24) is 5.32 Å².